The van der Waals surface area contributed by atoms with E-state index in [1.54, 1.807) is 0 Å². The highest BCUT2D eigenvalue weighted by Gasteiger charge is 1.96. The average molecular weight is 158 g/mol. The Morgan fingerprint density at radius 1 is 1.25 bits per heavy atom. The molecule has 1 aromatic rings. The van der Waals surface area contributed by atoms with E-state index in [4.69, 9.17) is 0 Å². The Balaban J connectivity index is 3.18. The minimum absolute atomic E-state index is 1.05. The zero-order chi connectivity index (χ0) is 8.97. The monoisotopic (exact) mass is 158 g/mol. The quantitative estimate of drug-likeness (QED) is 0.631. The van der Waals surface area contributed by atoms with Crippen LogP contribution in [0.3, 0.4) is 0 Å². The van der Waals surface area contributed by atoms with Crippen LogP contribution in [0.2, 0.25) is 0 Å². The molecule has 12 heavy (non-hydrogen) atoms. The predicted molar refractivity (Wildman–Crippen MR) is 56.0 cm³/mol. The van der Waals surface area contributed by atoms with Gasteiger partial charge in [-0.2, -0.15) is 0 Å². The van der Waals surface area contributed by atoms with Crippen LogP contribution in [-0.2, 0) is 6.42 Å². The maximum absolute atomic E-state index is 3.78. The third-order valence-corrected chi connectivity index (χ3v) is 2.01. The third kappa shape index (κ3) is 1.65. The molecule has 62 valence electrons. The van der Waals surface area contributed by atoms with Gasteiger partial charge in [0.25, 0.3) is 0 Å². The van der Waals surface area contributed by atoms with Crippen molar-refractivity contribution in [1.29, 1.82) is 0 Å². The summed E-state index contributed by atoms with van der Waals surface area (Å²) in [6, 6.07) is 6.33. The summed E-state index contributed by atoms with van der Waals surface area (Å²) in [6.45, 7) is 9.66. The largest absolute Gasteiger partial charge is 0.0985 e. The highest BCUT2D eigenvalue weighted by atomic mass is 14.0. The molecule has 0 aliphatic carbocycles. The average Bonchev–Trinajstić information content (AvgIpc) is 2.16. The van der Waals surface area contributed by atoms with Crippen LogP contribution in [0.15, 0.2) is 31.4 Å². The molecule has 0 spiro atoms. The lowest BCUT2D eigenvalue weighted by atomic mass is 10.0. The van der Waals surface area contributed by atoms with Gasteiger partial charge >= 0.3 is 0 Å². The normalized spacial score (nSPS) is 9.42. The second-order valence-corrected chi connectivity index (χ2v) is 2.72. The van der Waals surface area contributed by atoms with Crippen molar-refractivity contribution in [3.63, 3.8) is 0 Å². The molecule has 0 radical (unpaired) electrons. The van der Waals surface area contributed by atoms with Gasteiger partial charge in [-0.3, -0.25) is 0 Å². The highest BCUT2D eigenvalue weighted by molar-refractivity contribution is 5.59. The maximum Gasteiger partial charge on any atom is -0.0225 e. The second-order valence-electron chi connectivity index (χ2n) is 2.72. The van der Waals surface area contributed by atoms with E-state index in [1.165, 1.54) is 11.1 Å². The van der Waals surface area contributed by atoms with E-state index >= 15 is 0 Å². The number of hydrogen-bond acceptors (Lipinski definition) is 0. The van der Waals surface area contributed by atoms with Crippen LogP contribution in [0.5, 0.6) is 0 Å². The molecule has 0 fully saturated rings. The topological polar surface area (TPSA) is 0 Å². The lowest BCUT2D eigenvalue weighted by Gasteiger charge is -2.03. The number of benzene rings is 1. The van der Waals surface area contributed by atoms with Gasteiger partial charge in [0, 0.05) is 0 Å². The fourth-order valence-electron chi connectivity index (χ4n) is 1.25. The minimum Gasteiger partial charge on any atom is -0.0985 e. The first-order chi connectivity index (χ1) is 5.81. The summed E-state index contributed by atoms with van der Waals surface area (Å²) in [5, 5.41) is 0. The fraction of sp³-hybridized carbons (Fsp3) is 0.167. The van der Waals surface area contributed by atoms with Crippen molar-refractivity contribution in [2.24, 2.45) is 0 Å². The van der Waals surface area contributed by atoms with Crippen LogP contribution in [0.25, 0.3) is 12.2 Å². The van der Waals surface area contributed by atoms with Crippen LogP contribution >= 0.6 is 0 Å². The van der Waals surface area contributed by atoms with Gasteiger partial charge < -0.3 is 0 Å². The molecule has 0 amide bonds. The van der Waals surface area contributed by atoms with Crippen LogP contribution < -0.4 is 0 Å². The lowest BCUT2D eigenvalue weighted by Crippen LogP contribution is -1.86. The Morgan fingerprint density at radius 3 is 2.50 bits per heavy atom. The summed E-state index contributed by atoms with van der Waals surface area (Å²) < 4.78 is 0. The summed E-state index contributed by atoms with van der Waals surface area (Å²) in [5.41, 5.74) is 3.72. The molecule has 0 heteroatoms. The summed E-state index contributed by atoms with van der Waals surface area (Å²) in [6.07, 6.45) is 4.80. The Kier molecular flexibility index (Phi) is 2.87. The van der Waals surface area contributed by atoms with Gasteiger partial charge in [-0.25, -0.2) is 0 Å². The molecule has 0 heterocycles. The summed E-state index contributed by atoms with van der Waals surface area (Å²) in [4.78, 5) is 0. The first kappa shape index (κ1) is 8.79. The van der Waals surface area contributed by atoms with Crippen molar-refractivity contribution < 1.29 is 0 Å². The van der Waals surface area contributed by atoms with Gasteiger partial charge in [0.2, 0.25) is 0 Å². The van der Waals surface area contributed by atoms with Crippen molar-refractivity contribution in [2.75, 3.05) is 0 Å². The van der Waals surface area contributed by atoms with Crippen LogP contribution in [0.1, 0.15) is 23.6 Å². The molecule has 0 aromatic heterocycles. The van der Waals surface area contributed by atoms with Gasteiger partial charge in [0.05, 0.1) is 0 Å². The van der Waals surface area contributed by atoms with Crippen molar-refractivity contribution in [2.45, 2.75) is 13.3 Å². The van der Waals surface area contributed by atoms with E-state index in [-0.39, 0.29) is 0 Å². The third-order valence-electron chi connectivity index (χ3n) is 2.01. The SMILES string of the molecule is C=Cc1ccc(CC)c(C=C)c1. The molecule has 0 nitrogen and oxygen atoms in total. The molecule has 0 bridgehead atoms. The Morgan fingerprint density at radius 2 is 2.00 bits per heavy atom. The molecule has 1 rings (SSSR count). The summed E-state index contributed by atoms with van der Waals surface area (Å²) in [7, 11) is 0. The maximum atomic E-state index is 3.78. The van der Waals surface area contributed by atoms with E-state index < -0.39 is 0 Å². The van der Waals surface area contributed by atoms with Crippen molar-refractivity contribution in [1.82, 2.24) is 0 Å². The molecule has 0 unspecified atom stereocenters. The Hall–Kier alpha value is -1.30. The Labute approximate surface area is 74.2 Å². The fourth-order valence-corrected chi connectivity index (χ4v) is 1.25. The van der Waals surface area contributed by atoms with Gasteiger partial charge in [-0.15, -0.1) is 0 Å². The molecule has 1 aromatic carbocycles. The van der Waals surface area contributed by atoms with E-state index in [2.05, 4.69) is 38.3 Å². The standard InChI is InChI=1S/C12H14/c1-4-10-7-8-11(5-2)12(6-3)9-10/h4,6-9H,1,3,5H2,2H3. The molecule has 0 aliphatic heterocycles. The molecule has 0 aliphatic rings. The van der Waals surface area contributed by atoms with Gasteiger partial charge in [0.1, 0.15) is 0 Å². The summed E-state index contributed by atoms with van der Waals surface area (Å²) >= 11 is 0. The second kappa shape index (κ2) is 3.91. The molecule has 0 atom stereocenters. The van der Waals surface area contributed by atoms with Crippen LogP contribution in [-0.4, -0.2) is 0 Å². The molecule has 0 saturated heterocycles. The highest BCUT2D eigenvalue weighted by Crippen LogP contribution is 2.14. The van der Waals surface area contributed by atoms with Gasteiger partial charge in [-0.05, 0) is 29.2 Å². The smallest absolute Gasteiger partial charge is 0.0225 e. The zero-order valence-electron chi connectivity index (χ0n) is 7.51. The Bertz CT molecular complexity index is 295. The lowest BCUT2D eigenvalue weighted by molar-refractivity contribution is 1.13. The first-order valence-corrected chi connectivity index (χ1v) is 4.19. The number of rotatable bonds is 3. The molecular weight excluding hydrogens is 144 g/mol. The molecule has 0 N–H and O–H groups in total. The van der Waals surface area contributed by atoms with Gasteiger partial charge in [-0.1, -0.05) is 44.4 Å². The first-order valence-electron chi connectivity index (χ1n) is 4.19. The van der Waals surface area contributed by atoms with Crippen LogP contribution in [0.4, 0.5) is 0 Å². The zero-order valence-corrected chi connectivity index (χ0v) is 7.51. The van der Waals surface area contributed by atoms with Crippen molar-refractivity contribution in [3.8, 4) is 0 Å². The molecular formula is C12H14. The van der Waals surface area contributed by atoms with E-state index in [0.717, 1.165) is 12.0 Å². The van der Waals surface area contributed by atoms with Crippen molar-refractivity contribution >= 4 is 12.2 Å². The van der Waals surface area contributed by atoms with E-state index in [1.807, 2.05) is 12.2 Å². The minimum atomic E-state index is 1.05. The molecule has 0 saturated carbocycles. The number of hydrogen-bond donors (Lipinski definition) is 0. The van der Waals surface area contributed by atoms with Gasteiger partial charge in [0.15, 0.2) is 0 Å². The van der Waals surface area contributed by atoms with E-state index in [0.29, 0.717) is 0 Å². The predicted octanol–water partition coefficient (Wildman–Crippen LogP) is 3.54. The summed E-state index contributed by atoms with van der Waals surface area (Å²) in [5.74, 6) is 0. The van der Waals surface area contributed by atoms with E-state index in [9.17, 15) is 0 Å². The van der Waals surface area contributed by atoms with Crippen LogP contribution in [0, 0.1) is 0 Å². The van der Waals surface area contributed by atoms with Crippen molar-refractivity contribution in [3.05, 3.63) is 48.0 Å². The number of aryl methyl sites for hydroxylation is 1.